The number of piperidine rings is 1. The third kappa shape index (κ3) is 2.57. The molecule has 2 unspecified atom stereocenters. The Hall–Kier alpha value is -0.540. The van der Waals surface area contributed by atoms with Crippen LogP contribution >= 0.6 is 15.9 Å². The Balaban J connectivity index is 1.64. The van der Waals surface area contributed by atoms with Crippen LogP contribution in [-0.2, 0) is 0 Å². The molecule has 3 rings (SSSR count). The Bertz CT molecular complexity index is 433. The van der Waals surface area contributed by atoms with Gasteiger partial charge < -0.3 is 10.2 Å². The molecule has 2 heterocycles. The summed E-state index contributed by atoms with van der Waals surface area (Å²) in [6.45, 7) is 4.75. The molecule has 2 saturated heterocycles. The minimum absolute atomic E-state index is 0.657. The first kappa shape index (κ1) is 12.5. The maximum absolute atomic E-state index is 3.71. The molecular weight excluding hydrogens is 288 g/mol. The molecular formula is C15H21BrN2. The first-order chi connectivity index (χ1) is 8.72. The number of aryl methyl sites for hydroxylation is 1. The highest BCUT2D eigenvalue weighted by molar-refractivity contribution is 9.10. The number of hydrogen-bond donors (Lipinski definition) is 1. The summed E-state index contributed by atoms with van der Waals surface area (Å²) >= 11 is 3.56. The van der Waals surface area contributed by atoms with Gasteiger partial charge >= 0.3 is 0 Å². The number of fused-ring (bicyclic) bond motifs is 1. The number of halogens is 1. The number of nitrogens with zero attached hydrogens (tertiary/aromatic N) is 1. The zero-order chi connectivity index (χ0) is 12.5. The van der Waals surface area contributed by atoms with E-state index >= 15 is 0 Å². The van der Waals surface area contributed by atoms with E-state index in [2.05, 4.69) is 51.3 Å². The molecule has 0 radical (unpaired) electrons. The quantitative estimate of drug-likeness (QED) is 0.894. The predicted octanol–water partition coefficient (Wildman–Crippen LogP) is 3.80. The molecule has 0 bridgehead atoms. The lowest BCUT2D eigenvalue weighted by Crippen LogP contribution is -2.42. The molecule has 0 spiro atoms. The highest BCUT2D eigenvalue weighted by atomic mass is 79.9. The molecule has 2 nitrogen and oxygen atoms in total. The van der Waals surface area contributed by atoms with Gasteiger partial charge in [-0.05, 0) is 62.9 Å². The lowest BCUT2D eigenvalue weighted by Gasteiger charge is -2.35. The number of benzene rings is 1. The van der Waals surface area contributed by atoms with Crippen LogP contribution in [-0.4, -0.2) is 30.1 Å². The first-order valence-corrected chi connectivity index (χ1v) is 7.78. The summed E-state index contributed by atoms with van der Waals surface area (Å²) in [4.78, 5) is 2.67. The fourth-order valence-electron chi connectivity index (χ4n) is 3.33. The summed E-state index contributed by atoms with van der Waals surface area (Å²) in [6, 6.07) is 8.06. The Morgan fingerprint density at radius 2 is 2.17 bits per heavy atom. The van der Waals surface area contributed by atoms with Crippen molar-refractivity contribution in [2.45, 2.75) is 44.7 Å². The van der Waals surface area contributed by atoms with Gasteiger partial charge in [0.1, 0.15) is 0 Å². The van der Waals surface area contributed by atoms with Crippen molar-refractivity contribution < 1.29 is 0 Å². The number of nitrogens with one attached hydrogen (secondary N) is 1. The van der Waals surface area contributed by atoms with Crippen molar-refractivity contribution in [3.05, 3.63) is 28.2 Å². The largest absolute Gasteiger partial charge is 0.382 e. The molecule has 1 N–H and O–H groups in total. The van der Waals surface area contributed by atoms with Crippen LogP contribution in [0.2, 0.25) is 0 Å². The Kier molecular flexibility index (Phi) is 3.62. The molecule has 1 aromatic carbocycles. The van der Waals surface area contributed by atoms with E-state index in [0.717, 1.165) is 6.04 Å². The second-order valence-electron chi connectivity index (χ2n) is 5.66. The van der Waals surface area contributed by atoms with Gasteiger partial charge in [-0.15, -0.1) is 0 Å². The Morgan fingerprint density at radius 3 is 3.00 bits per heavy atom. The van der Waals surface area contributed by atoms with Crippen LogP contribution < -0.4 is 5.32 Å². The van der Waals surface area contributed by atoms with Gasteiger partial charge in [-0.1, -0.05) is 15.9 Å². The molecule has 3 heteroatoms. The molecule has 1 aromatic rings. The average molecular weight is 309 g/mol. The molecule has 0 aromatic heterocycles. The van der Waals surface area contributed by atoms with Crippen molar-refractivity contribution in [2.24, 2.45) is 0 Å². The minimum Gasteiger partial charge on any atom is -0.382 e. The van der Waals surface area contributed by atoms with E-state index in [4.69, 9.17) is 0 Å². The average Bonchev–Trinajstić information content (AvgIpc) is 2.81. The Morgan fingerprint density at radius 1 is 1.28 bits per heavy atom. The second kappa shape index (κ2) is 5.22. The molecule has 0 amide bonds. The van der Waals surface area contributed by atoms with Crippen LogP contribution in [0, 0.1) is 6.92 Å². The van der Waals surface area contributed by atoms with Gasteiger partial charge in [0.15, 0.2) is 0 Å². The smallest absolute Gasteiger partial charge is 0.0345 e. The summed E-state index contributed by atoms with van der Waals surface area (Å²) in [5.74, 6) is 0. The van der Waals surface area contributed by atoms with Crippen molar-refractivity contribution in [3.8, 4) is 0 Å². The van der Waals surface area contributed by atoms with Gasteiger partial charge in [0, 0.05) is 28.8 Å². The summed E-state index contributed by atoms with van der Waals surface area (Å²) < 4.78 is 1.19. The van der Waals surface area contributed by atoms with E-state index in [0.29, 0.717) is 6.04 Å². The predicted molar refractivity (Wildman–Crippen MR) is 80.1 cm³/mol. The van der Waals surface area contributed by atoms with E-state index in [-0.39, 0.29) is 0 Å². The van der Waals surface area contributed by atoms with Crippen molar-refractivity contribution >= 4 is 21.6 Å². The molecule has 2 atom stereocenters. The maximum Gasteiger partial charge on any atom is 0.0345 e. The fraction of sp³-hybridized carbons (Fsp3) is 0.600. The SMILES string of the molecule is Cc1cc(NC2CCN3CCCC3C2)ccc1Br. The van der Waals surface area contributed by atoms with Gasteiger partial charge in [-0.3, -0.25) is 0 Å². The van der Waals surface area contributed by atoms with Gasteiger partial charge in [0.2, 0.25) is 0 Å². The van der Waals surface area contributed by atoms with Crippen molar-refractivity contribution in [1.29, 1.82) is 0 Å². The zero-order valence-corrected chi connectivity index (χ0v) is 12.5. The summed E-state index contributed by atoms with van der Waals surface area (Å²) in [7, 11) is 0. The second-order valence-corrected chi connectivity index (χ2v) is 6.52. The summed E-state index contributed by atoms with van der Waals surface area (Å²) in [5, 5.41) is 3.71. The molecule has 0 aliphatic carbocycles. The van der Waals surface area contributed by atoms with Crippen LogP contribution in [0.3, 0.4) is 0 Å². The first-order valence-electron chi connectivity index (χ1n) is 6.99. The third-order valence-corrected chi connectivity index (χ3v) is 5.24. The number of hydrogen-bond acceptors (Lipinski definition) is 2. The lowest BCUT2D eigenvalue weighted by molar-refractivity contribution is 0.188. The summed E-state index contributed by atoms with van der Waals surface area (Å²) in [5.41, 5.74) is 2.57. The molecule has 2 fully saturated rings. The third-order valence-electron chi connectivity index (χ3n) is 4.35. The van der Waals surface area contributed by atoms with Crippen molar-refractivity contribution in [1.82, 2.24) is 4.90 Å². The normalized spacial score (nSPS) is 28.1. The molecule has 2 aliphatic rings. The highest BCUT2D eigenvalue weighted by Gasteiger charge is 2.31. The van der Waals surface area contributed by atoms with E-state index in [9.17, 15) is 0 Å². The van der Waals surface area contributed by atoms with Gasteiger partial charge in [-0.2, -0.15) is 0 Å². The Labute approximate surface area is 118 Å². The maximum atomic E-state index is 3.71. The van der Waals surface area contributed by atoms with Crippen LogP contribution in [0.5, 0.6) is 0 Å². The van der Waals surface area contributed by atoms with Gasteiger partial charge in [0.25, 0.3) is 0 Å². The summed E-state index contributed by atoms with van der Waals surface area (Å²) in [6.07, 6.45) is 5.40. The number of rotatable bonds is 2. The number of anilines is 1. The lowest BCUT2D eigenvalue weighted by atomic mass is 9.97. The highest BCUT2D eigenvalue weighted by Crippen LogP contribution is 2.29. The molecule has 98 valence electrons. The van der Waals surface area contributed by atoms with Crippen LogP contribution in [0.15, 0.2) is 22.7 Å². The molecule has 18 heavy (non-hydrogen) atoms. The van der Waals surface area contributed by atoms with Gasteiger partial charge in [-0.25, -0.2) is 0 Å². The van der Waals surface area contributed by atoms with Crippen LogP contribution in [0.25, 0.3) is 0 Å². The van der Waals surface area contributed by atoms with Crippen molar-refractivity contribution in [3.63, 3.8) is 0 Å². The van der Waals surface area contributed by atoms with Gasteiger partial charge in [0.05, 0.1) is 0 Å². The minimum atomic E-state index is 0.657. The zero-order valence-electron chi connectivity index (χ0n) is 11.0. The van der Waals surface area contributed by atoms with E-state index in [1.54, 1.807) is 0 Å². The molecule has 0 saturated carbocycles. The van der Waals surface area contributed by atoms with Crippen molar-refractivity contribution in [2.75, 3.05) is 18.4 Å². The van der Waals surface area contributed by atoms with Crippen LogP contribution in [0.1, 0.15) is 31.2 Å². The van der Waals surface area contributed by atoms with Crippen LogP contribution in [0.4, 0.5) is 5.69 Å². The van der Waals surface area contributed by atoms with E-state index < -0.39 is 0 Å². The monoisotopic (exact) mass is 308 g/mol. The standard InChI is InChI=1S/C15H21BrN2/c1-11-9-12(4-5-15(11)16)17-13-6-8-18-7-2-3-14(18)10-13/h4-5,9,13-14,17H,2-3,6-8,10H2,1H3. The fourth-order valence-corrected chi connectivity index (χ4v) is 3.57. The topological polar surface area (TPSA) is 15.3 Å². The van der Waals surface area contributed by atoms with E-state index in [1.165, 1.54) is 54.5 Å². The van der Waals surface area contributed by atoms with E-state index in [1.807, 2.05) is 0 Å². The molecule has 2 aliphatic heterocycles.